The molecule has 0 saturated carbocycles. The molecule has 0 N–H and O–H groups in total. The Kier molecular flexibility index (Phi) is 5.99. The normalized spacial score (nSPS) is 10.4. The third kappa shape index (κ3) is 4.26. The van der Waals surface area contributed by atoms with Crippen LogP contribution in [0.15, 0.2) is 24.3 Å². The Bertz CT molecular complexity index is 276. The lowest BCUT2D eigenvalue weighted by Gasteiger charge is -2.23. The van der Waals surface area contributed by atoms with E-state index >= 15 is 0 Å². The number of aryl methyl sites for hydroxylation is 1. The Labute approximate surface area is 100 Å². The highest BCUT2D eigenvalue weighted by atomic mass is 15.1. The zero-order chi connectivity index (χ0) is 11.8. The van der Waals surface area contributed by atoms with Crippen molar-refractivity contribution < 1.29 is 0 Å². The molecule has 0 radical (unpaired) electrons. The lowest BCUT2D eigenvalue weighted by Crippen LogP contribution is -2.23. The van der Waals surface area contributed by atoms with Crippen molar-refractivity contribution in [3.05, 3.63) is 29.8 Å². The minimum atomic E-state index is 1.11. The van der Waals surface area contributed by atoms with Gasteiger partial charge in [-0.05, 0) is 32.4 Å². The van der Waals surface area contributed by atoms with E-state index in [1.807, 2.05) is 0 Å². The number of benzene rings is 1. The highest BCUT2D eigenvalue weighted by Crippen LogP contribution is 2.15. The number of hydrogen-bond acceptors (Lipinski definition) is 1. The van der Waals surface area contributed by atoms with E-state index in [-0.39, 0.29) is 0 Å². The molecule has 90 valence electrons. The summed E-state index contributed by atoms with van der Waals surface area (Å²) >= 11 is 0. The smallest absolute Gasteiger partial charge is 0.0366 e. The van der Waals surface area contributed by atoms with E-state index in [1.54, 1.807) is 0 Å². The van der Waals surface area contributed by atoms with Gasteiger partial charge < -0.3 is 4.90 Å². The van der Waals surface area contributed by atoms with Crippen LogP contribution in [0.25, 0.3) is 0 Å². The Morgan fingerprint density at radius 3 is 2.19 bits per heavy atom. The molecule has 0 atom stereocenters. The fourth-order valence-electron chi connectivity index (χ4n) is 1.95. The average Bonchev–Trinajstić information content (AvgIpc) is 2.31. The first kappa shape index (κ1) is 13.1. The zero-order valence-electron chi connectivity index (χ0n) is 11.0. The highest BCUT2D eigenvalue weighted by Gasteiger charge is 2.02. The molecule has 0 aliphatic carbocycles. The van der Waals surface area contributed by atoms with Crippen LogP contribution in [0.4, 0.5) is 5.69 Å². The molecule has 0 unspecified atom stereocenters. The van der Waals surface area contributed by atoms with E-state index in [4.69, 9.17) is 0 Å². The van der Waals surface area contributed by atoms with Gasteiger partial charge in [0, 0.05) is 18.8 Å². The van der Waals surface area contributed by atoms with Gasteiger partial charge in [-0.3, -0.25) is 0 Å². The molecule has 1 rings (SSSR count). The highest BCUT2D eigenvalue weighted by molar-refractivity contribution is 5.47. The van der Waals surface area contributed by atoms with E-state index in [0.29, 0.717) is 0 Å². The van der Waals surface area contributed by atoms with E-state index in [0.717, 1.165) is 6.54 Å². The van der Waals surface area contributed by atoms with Crippen LogP contribution < -0.4 is 4.90 Å². The fourth-order valence-corrected chi connectivity index (χ4v) is 1.95. The molecule has 0 saturated heterocycles. The summed E-state index contributed by atoms with van der Waals surface area (Å²) in [4.78, 5) is 2.47. The maximum Gasteiger partial charge on any atom is 0.0366 e. The van der Waals surface area contributed by atoms with Crippen LogP contribution in [0.5, 0.6) is 0 Å². The number of rotatable bonds is 7. The summed E-state index contributed by atoms with van der Waals surface area (Å²) in [7, 11) is 0. The molecule has 1 aromatic rings. The topological polar surface area (TPSA) is 3.24 Å². The van der Waals surface area contributed by atoms with Crippen LogP contribution in [0, 0.1) is 6.92 Å². The van der Waals surface area contributed by atoms with Crippen LogP contribution in [-0.4, -0.2) is 13.1 Å². The molecule has 0 amide bonds. The second kappa shape index (κ2) is 7.32. The SMILES string of the molecule is CCCCCCN(CC)c1ccc(C)cc1. The summed E-state index contributed by atoms with van der Waals surface area (Å²) < 4.78 is 0. The molecule has 1 heteroatoms. The minimum absolute atomic E-state index is 1.11. The standard InChI is InChI=1S/C15H25N/c1-4-6-7-8-13-16(5-2)15-11-9-14(3)10-12-15/h9-12H,4-8,13H2,1-3H3. The van der Waals surface area contributed by atoms with E-state index in [2.05, 4.69) is 49.9 Å². The molecule has 0 aliphatic heterocycles. The predicted molar refractivity (Wildman–Crippen MR) is 73.2 cm³/mol. The Morgan fingerprint density at radius 2 is 1.62 bits per heavy atom. The van der Waals surface area contributed by atoms with Gasteiger partial charge in [-0.25, -0.2) is 0 Å². The van der Waals surface area contributed by atoms with Gasteiger partial charge in [-0.15, -0.1) is 0 Å². The van der Waals surface area contributed by atoms with Crippen molar-refractivity contribution in [1.82, 2.24) is 0 Å². The summed E-state index contributed by atoms with van der Waals surface area (Å²) in [5.74, 6) is 0. The molecule has 1 nitrogen and oxygen atoms in total. The first-order valence-electron chi connectivity index (χ1n) is 6.59. The lowest BCUT2D eigenvalue weighted by molar-refractivity contribution is 0.649. The molecule has 0 bridgehead atoms. The third-order valence-corrected chi connectivity index (χ3v) is 3.06. The molecule has 0 aromatic heterocycles. The predicted octanol–water partition coefficient (Wildman–Crippen LogP) is 4.40. The second-order valence-corrected chi connectivity index (χ2v) is 4.48. The second-order valence-electron chi connectivity index (χ2n) is 4.48. The molecule has 0 aliphatic rings. The number of anilines is 1. The molecule has 0 spiro atoms. The van der Waals surface area contributed by atoms with Crippen LogP contribution in [0.3, 0.4) is 0 Å². The van der Waals surface area contributed by atoms with Gasteiger partial charge in [0.05, 0.1) is 0 Å². The van der Waals surface area contributed by atoms with Gasteiger partial charge in [0.15, 0.2) is 0 Å². The van der Waals surface area contributed by atoms with Crippen molar-refractivity contribution in [2.45, 2.75) is 46.5 Å². The Morgan fingerprint density at radius 1 is 0.938 bits per heavy atom. The summed E-state index contributed by atoms with van der Waals surface area (Å²) in [6, 6.07) is 8.87. The molecule has 0 fully saturated rings. The van der Waals surface area contributed by atoms with Crippen molar-refractivity contribution in [3.8, 4) is 0 Å². The van der Waals surface area contributed by atoms with Crippen molar-refractivity contribution in [3.63, 3.8) is 0 Å². The molecule has 16 heavy (non-hydrogen) atoms. The maximum atomic E-state index is 2.47. The zero-order valence-corrected chi connectivity index (χ0v) is 11.0. The van der Waals surface area contributed by atoms with E-state index < -0.39 is 0 Å². The first-order valence-corrected chi connectivity index (χ1v) is 6.59. The van der Waals surface area contributed by atoms with Gasteiger partial charge in [0.2, 0.25) is 0 Å². The number of hydrogen-bond donors (Lipinski definition) is 0. The summed E-state index contributed by atoms with van der Waals surface area (Å²) in [5.41, 5.74) is 2.70. The molecule has 0 heterocycles. The minimum Gasteiger partial charge on any atom is -0.372 e. The van der Waals surface area contributed by atoms with Crippen LogP contribution in [0.1, 0.15) is 45.1 Å². The Hall–Kier alpha value is -0.980. The maximum absolute atomic E-state index is 2.47. The number of nitrogens with zero attached hydrogens (tertiary/aromatic N) is 1. The van der Waals surface area contributed by atoms with Crippen molar-refractivity contribution >= 4 is 5.69 Å². The van der Waals surface area contributed by atoms with E-state index in [9.17, 15) is 0 Å². The largest absolute Gasteiger partial charge is 0.372 e. The Balaban J connectivity index is 2.44. The summed E-state index contributed by atoms with van der Waals surface area (Å²) in [6.07, 6.45) is 5.36. The first-order chi connectivity index (χ1) is 7.77. The van der Waals surface area contributed by atoms with Crippen molar-refractivity contribution in [1.29, 1.82) is 0 Å². The van der Waals surface area contributed by atoms with Gasteiger partial charge >= 0.3 is 0 Å². The van der Waals surface area contributed by atoms with Gasteiger partial charge in [0.1, 0.15) is 0 Å². The van der Waals surface area contributed by atoms with Crippen LogP contribution in [-0.2, 0) is 0 Å². The number of unbranched alkanes of at least 4 members (excludes halogenated alkanes) is 3. The van der Waals surface area contributed by atoms with Gasteiger partial charge in [-0.2, -0.15) is 0 Å². The average molecular weight is 219 g/mol. The van der Waals surface area contributed by atoms with Crippen molar-refractivity contribution in [2.24, 2.45) is 0 Å². The third-order valence-electron chi connectivity index (χ3n) is 3.06. The van der Waals surface area contributed by atoms with Crippen LogP contribution in [0.2, 0.25) is 0 Å². The van der Waals surface area contributed by atoms with E-state index in [1.165, 1.54) is 43.5 Å². The quantitative estimate of drug-likeness (QED) is 0.614. The van der Waals surface area contributed by atoms with Crippen LogP contribution >= 0.6 is 0 Å². The molecular weight excluding hydrogens is 194 g/mol. The lowest BCUT2D eigenvalue weighted by atomic mass is 10.1. The fraction of sp³-hybridized carbons (Fsp3) is 0.600. The van der Waals surface area contributed by atoms with Crippen molar-refractivity contribution in [2.75, 3.05) is 18.0 Å². The van der Waals surface area contributed by atoms with Gasteiger partial charge in [-0.1, -0.05) is 43.9 Å². The summed E-state index contributed by atoms with van der Waals surface area (Å²) in [6.45, 7) is 8.94. The molecular formula is C15H25N. The summed E-state index contributed by atoms with van der Waals surface area (Å²) in [5, 5.41) is 0. The molecule has 1 aromatic carbocycles. The van der Waals surface area contributed by atoms with Gasteiger partial charge in [0.25, 0.3) is 0 Å². The monoisotopic (exact) mass is 219 g/mol.